The van der Waals surface area contributed by atoms with Gasteiger partial charge in [0.15, 0.2) is 23.7 Å². The van der Waals surface area contributed by atoms with E-state index in [2.05, 4.69) is 5.32 Å². The predicted molar refractivity (Wildman–Crippen MR) is 85.9 cm³/mol. The second kappa shape index (κ2) is 8.54. The van der Waals surface area contributed by atoms with E-state index < -0.39 is 18.2 Å². The quantitative estimate of drug-likeness (QED) is 0.758. The summed E-state index contributed by atoms with van der Waals surface area (Å²) in [4.78, 5) is 23.9. The van der Waals surface area contributed by atoms with Crippen LogP contribution in [0.5, 0.6) is 11.5 Å². The Morgan fingerprint density at radius 2 is 2.04 bits per heavy atom. The van der Waals surface area contributed by atoms with Gasteiger partial charge in [-0.1, -0.05) is 6.07 Å². The molecule has 132 valence electrons. The second-order valence-electron chi connectivity index (χ2n) is 5.49. The van der Waals surface area contributed by atoms with Gasteiger partial charge in [0.2, 0.25) is 0 Å². The first-order chi connectivity index (χ1) is 11.5. The number of nitrogens with one attached hydrogen (secondary N) is 1. The van der Waals surface area contributed by atoms with Crippen LogP contribution < -0.4 is 14.8 Å². The summed E-state index contributed by atoms with van der Waals surface area (Å²) in [6, 6.07) is 5.37. The van der Waals surface area contributed by atoms with E-state index in [1.165, 1.54) is 6.92 Å². The van der Waals surface area contributed by atoms with Gasteiger partial charge in [0.1, 0.15) is 0 Å². The van der Waals surface area contributed by atoms with Crippen LogP contribution in [0.3, 0.4) is 0 Å². The van der Waals surface area contributed by atoms with Gasteiger partial charge in [-0.05, 0) is 37.5 Å². The smallest absolute Gasteiger partial charge is 0.336 e. The van der Waals surface area contributed by atoms with Crippen molar-refractivity contribution in [1.29, 1.82) is 0 Å². The maximum absolute atomic E-state index is 12.1. The van der Waals surface area contributed by atoms with E-state index in [9.17, 15) is 9.59 Å². The van der Waals surface area contributed by atoms with E-state index in [0.29, 0.717) is 31.1 Å². The van der Waals surface area contributed by atoms with Crippen LogP contribution in [0.2, 0.25) is 0 Å². The molecule has 0 saturated carbocycles. The Morgan fingerprint density at radius 1 is 1.29 bits per heavy atom. The highest BCUT2D eigenvalue weighted by atomic mass is 16.6. The van der Waals surface area contributed by atoms with Gasteiger partial charge in [-0.2, -0.15) is 0 Å². The van der Waals surface area contributed by atoms with Crippen molar-refractivity contribution < 1.29 is 28.5 Å². The summed E-state index contributed by atoms with van der Waals surface area (Å²) < 4.78 is 20.8. The summed E-state index contributed by atoms with van der Waals surface area (Å²) in [5.74, 6) is 0.353. The zero-order chi connectivity index (χ0) is 17.5. The van der Waals surface area contributed by atoms with Gasteiger partial charge >= 0.3 is 5.97 Å². The first-order valence-corrected chi connectivity index (χ1v) is 7.86. The minimum atomic E-state index is -0.873. The van der Waals surface area contributed by atoms with Gasteiger partial charge in [0, 0.05) is 13.2 Å². The Balaban J connectivity index is 1.84. The number of carbonyl (C=O) groups is 2. The lowest BCUT2D eigenvalue weighted by molar-refractivity contribution is -0.163. The Hall–Kier alpha value is -2.28. The molecule has 1 N–H and O–H groups in total. The standard InChI is InChI=1S/C17H23NO6/c1-11(24-17(20)14-5-4-8-23-14)16(19)18-10-12-6-7-13(21-2)15(9-12)22-3/h6-7,9,11,14H,4-5,8,10H2,1-3H3,(H,18,19)/t11-,14-/m1/s1. The number of esters is 1. The molecular formula is C17H23NO6. The third kappa shape index (κ3) is 4.61. The molecule has 1 saturated heterocycles. The van der Waals surface area contributed by atoms with Crippen molar-refractivity contribution in [2.45, 2.75) is 38.5 Å². The highest BCUT2D eigenvalue weighted by molar-refractivity contribution is 5.84. The van der Waals surface area contributed by atoms with Crippen LogP contribution in [0.25, 0.3) is 0 Å². The molecule has 1 amide bonds. The highest BCUT2D eigenvalue weighted by Gasteiger charge is 2.28. The summed E-state index contributed by atoms with van der Waals surface area (Å²) in [6.45, 7) is 2.39. The van der Waals surface area contributed by atoms with Crippen LogP contribution >= 0.6 is 0 Å². The molecule has 0 unspecified atom stereocenters. The van der Waals surface area contributed by atoms with Crippen molar-refractivity contribution >= 4 is 11.9 Å². The van der Waals surface area contributed by atoms with E-state index in [1.807, 2.05) is 6.07 Å². The minimum absolute atomic E-state index is 0.293. The van der Waals surface area contributed by atoms with Crippen molar-refractivity contribution in [1.82, 2.24) is 5.32 Å². The number of amides is 1. The van der Waals surface area contributed by atoms with Crippen molar-refractivity contribution in [2.24, 2.45) is 0 Å². The lowest BCUT2D eigenvalue weighted by Crippen LogP contribution is -2.37. The number of methoxy groups -OCH3 is 2. The molecule has 0 aromatic heterocycles. The Kier molecular flexibility index (Phi) is 6.43. The third-order valence-corrected chi connectivity index (χ3v) is 3.77. The van der Waals surface area contributed by atoms with Gasteiger partial charge < -0.3 is 24.3 Å². The first-order valence-electron chi connectivity index (χ1n) is 7.86. The number of ether oxygens (including phenoxy) is 4. The Bertz CT molecular complexity index is 582. The lowest BCUT2D eigenvalue weighted by Gasteiger charge is -2.16. The fourth-order valence-corrected chi connectivity index (χ4v) is 2.39. The SMILES string of the molecule is COc1ccc(CNC(=O)[C@@H](C)OC(=O)[C@H]2CCCO2)cc1OC. The molecule has 2 rings (SSSR count). The van der Waals surface area contributed by atoms with Crippen molar-refractivity contribution in [3.05, 3.63) is 23.8 Å². The molecule has 1 aromatic rings. The second-order valence-corrected chi connectivity index (χ2v) is 5.49. The van der Waals surface area contributed by atoms with Gasteiger partial charge in [-0.15, -0.1) is 0 Å². The summed E-state index contributed by atoms with van der Waals surface area (Å²) in [5, 5.41) is 2.73. The molecule has 24 heavy (non-hydrogen) atoms. The van der Waals surface area contributed by atoms with Crippen LogP contribution in [0.1, 0.15) is 25.3 Å². The van der Waals surface area contributed by atoms with E-state index in [4.69, 9.17) is 18.9 Å². The average molecular weight is 337 g/mol. The molecule has 1 aromatic carbocycles. The van der Waals surface area contributed by atoms with Crippen LogP contribution in [0.4, 0.5) is 0 Å². The summed E-state index contributed by atoms with van der Waals surface area (Å²) in [7, 11) is 3.11. The van der Waals surface area contributed by atoms with E-state index >= 15 is 0 Å². The summed E-state index contributed by atoms with van der Waals surface area (Å²) in [5.41, 5.74) is 0.846. The summed E-state index contributed by atoms with van der Waals surface area (Å²) >= 11 is 0. The molecule has 1 heterocycles. The molecule has 1 fully saturated rings. The zero-order valence-electron chi connectivity index (χ0n) is 14.2. The van der Waals surface area contributed by atoms with Gasteiger partial charge in [0.05, 0.1) is 14.2 Å². The van der Waals surface area contributed by atoms with Crippen molar-refractivity contribution in [2.75, 3.05) is 20.8 Å². The third-order valence-electron chi connectivity index (χ3n) is 3.77. The first kappa shape index (κ1) is 18.1. The van der Waals surface area contributed by atoms with Crippen molar-refractivity contribution in [3.8, 4) is 11.5 Å². The molecule has 0 bridgehead atoms. The predicted octanol–water partition coefficient (Wildman–Crippen LogP) is 1.43. The monoisotopic (exact) mass is 337 g/mol. The van der Waals surface area contributed by atoms with E-state index in [1.54, 1.807) is 26.4 Å². The summed E-state index contributed by atoms with van der Waals surface area (Å²) in [6.07, 6.45) is 0.0475. The topological polar surface area (TPSA) is 83.1 Å². The molecule has 7 heteroatoms. The normalized spacial score (nSPS) is 17.9. The van der Waals surface area contributed by atoms with Gasteiger partial charge in [-0.3, -0.25) is 4.79 Å². The minimum Gasteiger partial charge on any atom is -0.493 e. The lowest BCUT2D eigenvalue weighted by atomic mass is 10.2. The molecule has 2 atom stereocenters. The fourth-order valence-electron chi connectivity index (χ4n) is 2.39. The van der Waals surface area contributed by atoms with Crippen LogP contribution in [0.15, 0.2) is 18.2 Å². The maximum Gasteiger partial charge on any atom is 0.336 e. The molecule has 1 aliphatic heterocycles. The van der Waals surface area contributed by atoms with Crippen LogP contribution in [-0.2, 0) is 25.6 Å². The number of rotatable bonds is 7. The average Bonchev–Trinajstić information content (AvgIpc) is 3.13. The molecule has 1 aliphatic rings. The fraction of sp³-hybridized carbons (Fsp3) is 0.529. The number of hydrogen-bond donors (Lipinski definition) is 1. The van der Waals surface area contributed by atoms with Crippen LogP contribution in [0, 0.1) is 0 Å². The van der Waals surface area contributed by atoms with Crippen molar-refractivity contribution in [3.63, 3.8) is 0 Å². The van der Waals surface area contributed by atoms with E-state index in [-0.39, 0.29) is 5.91 Å². The number of carbonyl (C=O) groups excluding carboxylic acids is 2. The number of benzene rings is 1. The van der Waals surface area contributed by atoms with E-state index in [0.717, 1.165) is 12.0 Å². The molecule has 0 spiro atoms. The number of hydrogen-bond acceptors (Lipinski definition) is 6. The largest absolute Gasteiger partial charge is 0.493 e. The molecule has 0 aliphatic carbocycles. The van der Waals surface area contributed by atoms with Gasteiger partial charge in [0.25, 0.3) is 5.91 Å². The zero-order valence-corrected chi connectivity index (χ0v) is 14.2. The van der Waals surface area contributed by atoms with Gasteiger partial charge in [-0.25, -0.2) is 4.79 Å². The van der Waals surface area contributed by atoms with Crippen LogP contribution in [-0.4, -0.2) is 44.9 Å². The maximum atomic E-state index is 12.1. The Labute approximate surface area is 141 Å². The molecule has 7 nitrogen and oxygen atoms in total. The molecular weight excluding hydrogens is 314 g/mol. The molecule has 0 radical (unpaired) electrons. The highest BCUT2D eigenvalue weighted by Crippen LogP contribution is 2.27. The Morgan fingerprint density at radius 3 is 2.67 bits per heavy atom.